The Morgan fingerprint density at radius 1 is 1.09 bits per heavy atom. The summed E-state index contributed by atoms with van der Waals surface area (Å²) >= 11 is 0. The zero-order valence-electron chi connectivity index (χ0n) is 18.7. The Hall–Kier alpha value is -4.14. The minimum atomic E-state index is -0.625. The number of carbonyl (C=O) groups is 1. The summed E-state index contributed by atoms with van der Waals surface area (Å²) in [6, 6.07) is 12.8. The standard InChI is InChI=1S/C24H25N3O6/c1-4-31-22-12-10-18(14-23(22)32-5-2)16-33-19-8-6-7-17(13-19)9-11-21(28)24-20(27(29)30)15-26(3)25-24/h6-15H,4-5,16H2,1-3H3/b11-9+. The molecule has 0 radical (unpaired) electrons. The lowest BCUT2D eigenvalue weighted by atomic mass is 10.1. The van der Waals surface area contributed by atoms with E-state index < -0.39 is 10.7 Å². The molecular weight excluding hydrogens is 426 g/mol. The summed E-state index contributed by atoms with van der Waals surface area (Å²) < 4.78 is 18.4. The first-order chi connectivity index (χ1) is 15.9. The van der Waals surface area contributed by atoms with Crippen LogP contribution in [0.15, 0.2) is 54.7 Å². The van der Waals surface area contributed by atoms with Crippen LogP contribution >= 0.6 is 0 Å². The smallest absolute Gasteiger partial charge is 0.318 e. The van der Waals surface area contributed by atoms with E-state index in [0.29, 0.717) is 42.6 Å². The Balaban J connectivity index is 1.68. The van der Waals surface area contributed by atoms with Crippen LogP contribution in [0.3, 0.4) is 0 Å². The van der Waals surface area contributed by atoms with Crippen LogP contribution in [0.4, 0.5) is 5.69 Å². The number of rotatable bonds is 11. The van der Waals surface area contributed by atoms with Gasteiger partial charge in [0.2, 0.25) is 11.5 Å². The first-order valence-corrected chi connectivity index (χ1v) is 10.4. The third kappa shape index (κ3) is 6.19. The molecule has 3 aromatic rings. The van der Waals surface area contributed by atoms with Gasteiger partial charge in [-0.15, -0.1) is 0 Å². The van der Waals surface area contributed by atoms with Crippen molar-refractivity contribution in [3.05, 3.63) is 81.7 Å². The van der Waals surface area contributed by atoms with Crippen molar-refractivity contribution in [2.45, 2.75) is 20.5 Å². The Morgan fingerprint density at radius 3 is 2.58 bits per heavy atom. The van der Waals surface area contributed by atoms with E-state index in [0.717, 1.165) is 5.56 Å². The van der Waals surface area contributed by atoms with Gasteiger partial charge >= 0.3 is 5.69 Å². The molecule has 33 heavy (non-hydrogen) atoms. The molecule has 0 N–H and O–H groups in total. The molecule has 9 heteroatoms. The van der Waals surface area contributed by atoms with Crippen molar-refractivity contribution in [1.82, 2.24) is 9.78 Å². The number of carbonyl (C=O) groups excluding carboxylic acids is 1. The SMILES string of the molecule is CCOc1ccc(COc2cccc(/C=C/C(=O)c3nn(C)cc3[N+](=O)[O-])c2)cc1OCC. The summed E-state index contributed by atoms with van der Waals surface area (Å²) in [5, 5.41) is 15.0. The van der Waals surface area contributed by atoms with Crippen molar-refractivity contribution in [3.63, 3.8) is 0 Å². The molecule has 0 aliphatic rings. The number of allylic oxidation sites excluding steroid dienone is 1. The van der Waals surface area contributed by atoms with Crippen molar-refractivity contribution in [1.29, 1.82) is 0 Å². The second-order valence-electron chi connectivity index (χ2n) is 7.00. The fourth-order valence-electron chi connectivity index (χ4n) is 3.10. The van der Waals surface area contributed by atoms with E-state index in [2.05, 4.69) is 5.10 Å². The zero-order valence-corrected chi connectivity index (χ0v) is 18.7. The molecule has 0 atom stereocenters. The molecule has 172 valence electrons. The summed E-state index contributed by atoms with van der Waals surface area (Å²) in [5.74, 6) is 1.42. The van der Waals surface area contributed by atoms with Gasteiger partial charge in [0.05, 0.1) is 18.1 Å². The van der Waals surface area contributed by atoms with E-state index >= 15 is 0 Å². The number of ketones is 1. The molecule has 9 nitrogen and oxygen atoms in total. The van der Waals surface area contributed by atoms with Crippen molar-refractivity contribution < 1.29 is 23.9 Å². The van der Waals surface area contributed by atoms with E-state index in [1.807, 2.05) is 32.0 Å². The molecule has 0 unspecified atom stereocenters. The fourth-order valence-corrected chi connectivity index (χ4v) is 3.10. The summed E-state index contributed by atoms with van der Waals surface area (Å²) in [4.78, 5) is 22.9. The van der Waals surface area contributed by atoms with E-state index in [1.54, 1.807) is 30.3 Å². The number of ether oxygens (including phenoxy) is 3. The van der Waals surface area contributed by atoms with E-state index in [9.17, 15) is 14.9 Å². The van der Waals surface area contributed by atoms with Crippen LogP contribution in [0.5, 0.6) is 17.2 Å². The quantitative estimate of drug-likeness (QED) is 0.181. The van der Waals surface area contributed by atoms with Gasteiger partial charge in [0, 0.05) is 7.05 Å². The maximum Gasteiger partial charge on any atom is 0.318 e. The Bertz CT molecular complexity index is 1170. The third-order valence-corrected chi connectivity index (χ3v) is 4.54. The van der Waals surface area contributed by atoms with Gasteiger partial charge in [-0.1, -0.05) is 24.3 Å². The number of benzene rings is 2. The number of aromatic nitrogens is 2. The van der Waals surface area contributed by atoms with Crippen molar-refractivity contribution >= 4 is 17.5 Å². The summed E-state index contributed by atoms with van der Waals surface area (Å²) in [5.41, 5.74) is 1.10. The molecule has 0 aliphatic carbocycles. The van der Waals surface area contributed by atoms with Crippen LogP contribution in [-0.4, -0.2) is 33.7 Å². The van der Waals surface area contributed by atoms with Gasteiger partial charge in [-0.3, -0.25) is 19.6 Å². The average molecular weight is 451 g/mol. The molecule has 0 fully saturated rings. The van der Waals surface area contributed by atoms with Crippen LogP contribution in [0.2, 0.25) is 0 Å². The number of hydrogen-bond acceptors (Lipinski definition) is 7. The van der Waals surface area contributed by atoms with Crippen LogP contribution in [0.25, 0.3) is 6.08 Å². The van der Waals surface area contributed by atoms with Crippen molar-refractivity contribution in [3.8, 4) is 17.2 Å². The minimum absolute atomic E-state index is 0.202. The van der Waals surface area contributed by atoms with Crippen LogP contribution in [0, 0.1) is 10.1 Å². The van der Waals surface area contributed by atoms with Crippen LogP contribution < -0.4 is 14.2 Å². The second kappa shape index (κ2) is 10.9. The van der Waals surface area contributed by atoms with Gasteiger partial charge in [-0.2, -0.15) is 5.10 Å². The normalized spacial score (nSPS) is 10.9. The lowest BCUT2D eigenvalue weighted by molar-refractivity contribution is -0.385. The molecule has 2 aromatic carbocycles. The first-order valence-electron chi connectivity index (χ1n) is 10.4. The topological polar surface area (TPSA) is 106 Å². The Morgan fingerprint density at radius 2 is 1.85 bits per heavy atom. The van der Waals surface area contributed by atoms with Crippen molar-refractivity contribution in [2.75, 3.05) is 13.2 Å². The van der Waals surface area contributed by atoms with Gasteiger partial charge in [0.1, 0.15) is 18.6 Å². The minimum Gasteiger partial charge on any atom is -0.490 e. The summed E-state index contributed by atoms with van der Waals surface area (Å²) in [7, 11) is 1.52. The molecule has 0 spiro atoms. The highest BCUT2D eigenvalue weighted by Gasteiger charge is 2.23. The third-order valence-electron chi connectivity index (χ3n) is 4.54. The predicted molar refractivity (Wildman–Crippen MR) is 123 cm³/mol. The molecule has 0 aliphatic heterocycles. The lowest BCUT2D eigenvalue weighted by Gasteiger charge is -2.13. The number of nitrogens with zero attached hydrogens (tertiary/aromatic N) is 3. The molecule has 0 saturated heterocycles. The van der Waals surface area contributed by atoms with E-state index in [4.69, 9.17) is 14.2 Å². The second-order valence-corrected chi connectivity index (χ2v) is 7.00. The van der Waals surface area contributed by atoms with Gasteiger partial charge in [-0.25, -0.2) is 0 Å². The highest BCUT2D eigenvalue weighted by Crippen LogP contribution is 2.29. The summed E-state index contributed by atoms with van der Waals surface area (Å²) in [6.45, 7) is 5.22. The number of aryl methyl sites for hydroxylation is 1. The molecule has 0 amide bonds. The van der Waals surface area contributed by atoms with Gasteiger partial charge in [-0.05, 0) is 55.3 Å². The Kier molecular flexibility index (Phi) is 7.80. The number of hydrogen-bond donors (Lipinski definition) is 0. The van der Waals surface area contributed by atoms with Gasteiger partial charge in [0.25, 0.3) is 0 Å². The molecule has 1 aromatic heterocycles. The van der Waals surface area contributed by atoms with Gasteiger partial charge in [0.15, 0.2) is 11.5 Å². The van der Waals surface area contributed by atoms with Crippen molar-refractivity contribution in [2.24, 2.45) is 7.05 Å². The Labute approximate surface area is 191 Å². The number of nitro groups is 1. The predicted octanol–water partition coefficient (Wildman–Crippen LogP) is 4.60. The monoisotopic (exact) mass is 451 g/mol. The molecule has 3 rings (SSSR count). The lowest BCUT2D eigenvalue weighted by Crippen LogP contribution is -2.01. The molecule has 1 heterocycles. The van der Waals surface area contributed by atoms with Gasteiger partial charge < -0.3 is 14.2 Å². The van der Waals surface area contributed by atoms with E-state index in [1.165, 1.54) is 24.0 Å². The zero-order chi connectivity index (χ0) is 23.8. The fraction of sp³-hybridized carbons (Fsp3) is 0.250. The molecular formula is C24H25N3O6. The molecule has 0 saturated carbocycles. The molecule has 0 bridgehead atoms. The highest BCUT2D eigenvalue weighted by molar-refractivity contribution is 6.07. The largest absolute Gasteiger partial charge is 0.490 e. The average Bonchev–Trinajstić information content (AvgIpc) is 3.20. The maximum atomic E-state index is 12.4. The van der Waals surface area contributed by atoms with Crippen LogP contribution in [0.1, 0.15) is 35.5 Å². The highest BCUT2D eigenvalue weighted by atomic mass is 16.6. The summed E-state index contributed by atoms with van der Waals surface area (Å²) in [6.07, 6.45) is 4.03. The first kappa shape index (κ1) is 23.5. The van der Waals surface area contributed by atoms with E-state index in [-0.39, 0.29) is 11.4 Å². The van der Waals surface area contributed by atoms with Crippen LogP contribution in [-0.2, 0) is 13.7 Å². The maximum absolute atomic E-state index is 12.4.